The van der Waals surface area contributed by atoms with Crippen molar-refractivity contribution >= 4 is 27.4 Å². The molecular formula is C14H17NO5S. The maximum Gasteiger partial charge on any atom is 0.337 e. The zero-order valence-electron chi connectivity index (χ0n) is 11.7. The van der Waals surface area contributed by atoms with Crippen LogP contribution in [0.25, 0.3) is 0 Å². The van der Waals surface area contributed by atoms with Crippen molar-refractivity contribution in [3.05, 3.63) is 29.8 Å². The van der Waals surface area contributed by atoms with Crippen LogP contribution >= 0.6 is 0 Å². The fourth-order valence-corrected chi connectivity index (χ4v) is 3.73. The SMILES string of the molecule is COC(=O)c1cccc(NC(=O)C2CCS(=O)(=O)CC2)c1. The Hall–Kier alpha value is -1.89. The van der Waals surface area contributed by atoms with E-state index in [2.05, 4.69) is 10.1 Å². The summed E-state index contributed by atoms with van der Waals surface area (Å²) < 4.78 is 27.3. The fourth-order valence-electron chi connectivity index (χ4n) is 2.24. The molecule has 21 heavy (non-hydrogen) atoms. The van der Waals surface area contributed by atoms with Gasteiger partial charge in [-0.15, -0.1) is 0 Å². The first-order valence-electron chi connectivity index (χ1n) is 6.61. The molecule has 6 nitrogen and oxygen atoms in total. The molecule has 1 saturated heterocycles. The number of carbonyl (C=O) groups is 2. The van der Waals surface area contributed by atoms with Crippen LogP contribution in [0.15, 0.2) is 24.3 Å². The molecule has 0 aromatic heterocycles. The van der Waals surface area contributed by atoms with Gasteiger partial charge in [-0.25, -0.2) is 13.2 Å². The number of hydrogen-bond donors (Lipinski definition) is 1. The lowest BCUT2D eigenvalue weighted by atomic mass is 10.0. The van der Waals surface area contributed by atoms with Crippen molar-refractivity contribution in [2.45, 2.75) is 12.8 Å². The Morgan fingerprint density at radius 1 is 1.24 bits per heavy atom. The number of methoxy groups -OCH3 is 1. The average Bonchev–Trinajstić information content (AvgIpc) is 2.46. The van der Waals surface area contributed by atoms with E-state index in [1.165, 1.54) is 13.2 Å². The van der Waals surface area contributed by atoms with E-state index in [1.807, 2.05) is 0 Å². The molecular weight excluding hydrogens is 294 g/mol. The summed E-state index contributed by atoms with van der Waals surface area (Å²) in [7, 11) is -1.70. The molecule has 0 aliphatic carbocycles. The first-order valence-corrected chi connectivity index (χ1v) is 8.43. The normalized spacial score (nSPS) is 18.0. The van der Waals surface area contributed by atoms with Crippen molar-refractivity contribution in [1.29, 1.82) is 0 Å². The van der Waals surface area contributed by atoms with Crippen LogP contribution in [0.1, 0.15) is 23.2 Å². The van der Waals surface area contributed by atoms with Gasteiger partial charge in [0, 0.05) is 11.6 Å². The van der Waals surface area contributed by atoms with Crippen LogP contribution in [0.2, 0.25) is 0 Å². The minimum Gasteiger partial charge on any atom is -0.465 e. The Morgan fingerprint density at radius 3 is 2.52 bits per heavy atom. The predicted octanol–water partition coefficient (Wildman–Crippen LogP) is 1.24. The van der Waals surface area contributed by atoms with Gasteiger partial charge >= 0.3 is 5.97 Å². The summed E-state index contributed by atoms with van der Waals surface area (Å²) in [6.07, 6.45) is 0.676. The van der Waals surface area contributed by atoms with Crippen molar-refractivity contribution in [1.82, 2.24) is 0 Å². The maximum absolute atomic E-state index is 12.1. The van der Waals surface area contributed by atoms with Gasteiger partial charge in [-0.2, -0.15) is 0 Å². The van der Waals surface area contributed by atoms with E-state index < -0.39 is 15.8 Å². The number of ether oxygens (including phenoxy) is 1. The van der Waals surface area contributed by atoms with E-state index in [1.54, 1.807) is 18.2 Å². The highest BCUT2D eigenvalue weighted by Gasteiger charge is 2.28. The number of anilines is 1. The lowest BCUT2D eigenvalue weighted by Crippen LogP contribution is -2.31. The van der Waals surface area contributed by atoms with Gasteiger partial charge in [-0.05, 0) is 31.0 Å². The van der Waals surface area contributed by atoms with Gasteiger partial charge in [0.15, 0.2) is 0 Å². The number of hydrogen-bond acceptors (Lipinski definition) is 5. The molecule has 0 atom stereocenters. The molecule has 1 aromatic carbocycles. The first kappa shape index (κ1) is 15.5. The highest BCUT2D eigenvalue weighted by molar-refractivity contribution is 7.91. The van der Waals surface area contributed by atoms with Crippen LogP contribution in [0.3, 0.4) is 0 Å². The number of benzene rings is 1. The first-order chi connectivity index (χ1) is 9.91. The van der Waals surface area contributed by atoms with E-state index in [0.717, 1.165) is 0 Å². The number of nitrogens with one attached hydrogen (secondary N) is 1. The van der Waals surface area contributed by atoms with Crippen molar-refractivity contribution in [2.24, 2.45) is 5.92 Å². The van der Waals surface area contributed by atoms with Gasteiger partial charge in [-0.3, -0.25) is 4.79 Å². The number of sulfone groups is 1. The van der Waals surface area contributed by atoms with Crippen LogP contribution in [-0.2, 0) is 19.4 Å². The van der Waals surface area contributed by atoms with Gasteiger partial charge in [-0.1, -0.05) is 6.07 Å². The highest BCUT2D eigenvalue weighted by Crippen LogP contribution is 2.21. The second-order valence-electron chi connectivity index (χ2n) is 4.99. The van der Waals surface area contributed by atoms with E-state index >= 15 is 0 Å². The average molecular weight is 311 g/mol. The van der Waals surface area contributed by atoms with Gasteiger partial charge < -0.3 is 10.1 Å². The molecule has 1 aliphatic heterocycles. The van der Waals surface area contributed by atoms with E-state index in [9.17, 15) is 18.0 Å². The topological polar surface area (TPSA) is 89.5 Å². The molecule has 1 aliphatic rings. The summed E-state index contributed by atoms with van der Waals surface area (Å²) in [5, 5.41) is 2.72. The highest BCUT2D eigenvalue weighted by atomic mass is 32.2. The monoisotopic (exact) mass is 311 g/mol. The molecule has 0 saturated carbocycles. The van der Waals surface area contributed by atoms with Crippen LogP contribution < -0.4 is 5.32 Å². The summed E-state index contributed by atoms with van der Waals surface area (Å²) in [5.41, 5.74) is 0.845. The maximum atomic E-state index is 12.1. The zero-order chi connectivity index (χ0) is 15.5. The number of amides is 1. The molecule has 1 N–H and O–H groups in total. The van der Waals surface area contributed by atoms with Gasteiger partial charge in [0.25, 0.3) is 0 Å². The molecule has 1 aromatic rings. The standard InChI is InChI=1S/C14H17NO5S/c1-20-14(17)11-3-2-4-12(9-11)15-13(16)10-5-7-21(18,19)8-6-10/h2-4,9-10H,5-8H2,1H3,(H,15,16). The van der Waals surface area contributed by atoms with Gasteiger partial charge in [0.05, 0.1) is 24.2 Å². The molecule has 0 spiro atoms. The smallest absolute Gasteiger partial charge is 0.337 e. The molecule has 0 radical (unpaired) electrons. The number of rotatable bonds is 3. The van der Waals surface area contributed by atoms with Crippen LogP contribution in [0.5, 0.6) is 0 Å². The minimum atomic E-state index is -2.98. The Labute approximate surface area is 123 Å². The summed E-state index contributed by atoms with van der Waals surface area (Å²) >= 11 is 0. The molecule has 7 heteroatoms. The van der Waals surface area contributed by atoms with Crippen LogP contribution in [-0.4, -0.2) is 38.9 Å². The van der Waals surface area contributed by atoms with Crippen molar-refractivity contribution in [2.75, 3.05) is 23.9 Å². The van der Waals surface area contributed by atoms with E-state index in [-0.39, 0.29) is 23.3 Å². The van der Waals surface area contributed by atoms with Gasteiger partial charge in [0.2, 0.25) is 5.91 Å². The largest absolute Gasteiger partial charge is 0.465 e. The summed E-state index contributed by atoms with van der Waals surface area (Å²) in [6, 6.07) is 6.44. The minimum absolute atomic E-state index is 0.0489. The molecule has 0 unspecified atom stereocenters. The van der Waals surface area contributed by atoms with Crippen molar-refractivity contribution in [3.8, 4) is 0 Å². The fraction of sp³-hybridized carbons (Fsp3) is 0.429. The molecule has 1 heterocycles. The summed E-state index contributed by atoms with van der Waals surface area (Å²) in [4.78, 5) is 23.5. The Balaban J connectivity index is 2.02. The molecule has 1 amide bonds. The molecule has 2 rings (SSSR count). The third-order valence-electron chi connectivity index (χ3n) is 3.48. The summed E-state index contributed by atoms with van der Waals surface area (Å²) in [6.45, 7) is 0. The number of carbonyl (C=O) groups excluding carboxylic acids is 2. The molecule has 0 bridgehead atoms. The van der Waals surface area contributed by atoms with Crippen LogP contribution in [0, 0.1) is 5.92 Å². The van der Waals surface area contributed by atoms with Crippen molar-refractivity contribution in [3.63, 3.8) is 0 Å². The quantitative estimate of drug-likeness (QED) is 0.848. The van der Waals surface area contributed by atoms with Crippen molar-refractivity contribution < 1.29 is 22.7 Å². The predicted molar refractivity (Wildman–Crippen MR) is 77.8 cm³/mol. The third-order valence-corrected chi connectivity index (χ3v) is 5.19. The zero-order valence-corrected chi connectivity index (χ0v) is 12.5. The lowest BCUT2D eigenvalue weighted by molar-refractivity contribution is -0.120. The summed E-state index contributed by atoms with van der Waals surface area (Å²) in [5.74, 6) is -0.905. The third kappa shape index (κ3) is 4.04. The van der Waals surface area contributed by atoms with E-state index in [0.29, 0.717) is 24.1 Å². The molecule has 1 fully saturated rings. The second-order valence-corrected chi connectivity index (χ2v) is 7.29. The van der Waals surface area contributed by atoms with E-state index in [4.69, 9.17) is 0 Å². The van der Waals surface area contributed by atoms with Crippen LogP contribution in [0.4, 0.5) is 5.69 Å². The van der Waals surface area contributed by atoms with Gasteiger partial charge in [0.1, 0.15) is 9.84 Å². The number of esters is 1. The Kier molecular flexibility index (Phi) is 4.62. The second kappa shape index (κ2) is 6.26. The Morgan fingerprint density at radius 2 is 1.90 bits per heavy atom. The Bertz CT molecular complexity index is 639. The molecule has 114 valence electrons. The lowest BCUT2D eigenvalue weighted by Gasteiger charge is -2.21.